The number of ether oxygens (including phenoxy) is 4. The molecule has 0 aliphatic heterocycles. The third-order valence-electron chi connectivity index (χ3n) is 16.5. The van der Waals surface area contributed by atoms with E-state index in [0.29, 0.717) is 32.1 Å². The number of allylic oxidation sites excluding steroid dienone is 26. The second-order valence-corrected chi connectivity index (χ2v) is 29.5. The van der Waals surface area contributed by atoms with Gasteiger partial charge in [-0.25, -0.2) is 9.13 Å². The van der Waals surface area contributed by atoms with Gasteiger partial charge in [0.2, 0.25) is 0 Å². The van der Waals surface area contributed by atoms with Crippen LogP contribution in [0.2, 0.25) is 0 Å². The van der Waals surface area contributed by atoms with Gasteiger partial charge in [0.15, 0.2) is 12.2 Å². The molecule has 0 fully saturated rings. The Morgan fingerprint density at radius 1 is 0.274 bits per heavy atom. The summed E-state index contributed by atoms with van der Waals surface area (Å²) in [6.45, 7) is 4.42. The summed E-state index contributed by atoms with van der Waals surface area (Å²) >= 11 is 0. The predicted molar refractivity (Wildman–Crippen MR) is 436 cm³/mol. The van der Waals surface area contributed by atoms with Crippen LogP contribution in [-0.4, -0.2) is 96.7 Å². The molecule has 0 spiro atoms. The molecule has 3 N–H and O–H groups in total. The minimum absolute atomic E-state index is 0.0307. The molecule has 0 bridgehead atoms. The Morgan fingerprint density at radius 2 is 0.509 bits per heavy atom. The summed E-state index contributed by atoms with van der Waals surface area (Å²) in [6.07, 6.45) is 90.9. The Hall–Kier alpha value is -5.32. The topological polar surface area (TPSA) is 237 Å². The van der Waals surface area contributed by atoms with Gasteiger partial charge >= 0.3 is 39.5 Å². The lowest BCUT2D eigenvalue weighted by Crippen LogP contribution is -2.30. The highest BCUT2D eigenvalue weighted by Gasteiger charge is 2.30. The molecule has 106 heavy (non-hydrogen) atoms. The van der Waals surface area contributed by atoms with E-state index >= 15 is 0 Å². The van der Waals surface area contributed by atoms with Gasteiger partial charge < -0.3 is 33.8 Å². The van der Waals surface area contributed by atoms with E-state index < -0.39 is 97.5 Å². The summed E-state index contributed by atoms with van der Waals surface area (Å²) in [5.41, 5.74) is 0. The zero-order valence-corrected chi connectivity index (χ0v) is 67.8. The molecule has 0 aliphatic carbocycles. The maximum atomic E-state index is 13.1. The molecule has 0 saturated carbocycles. The molecule has 0 rings (SSSR count). The Kier molecular flexibility index (Phi) is 73.9. The van der Waals surface area contributed by atoms with E-state index in [9.17, 15) is 43.2 Å². The van der Waals surface area contributed by atoms with Crippen LogP contribution in [0, 0.1) is 0 Å². The van der Waals surface area contributed by atoms with Gasteiger partial charge in [-0.05, 0) is 154 Å². The number of esters is 4. The molecular formula is C87H144O17P2. The summed E-state index contributed by atoms with van der Waals surface area (Å²) < 4.78 is 68.6. The van der Waals surface area contributed by atoms with Crippen LogP contribution in [0.25, 0.3) is 0 Å². The SMILES string of the molecule is CC/C=C\C/C=C\C/C=C\C/C=C\C/C=C\C/C=C\CCC(=O)OCC(COP(=O)(O)OCC(O)COP(=O)(O)OCC(COC(=O)CCCCCCCCC/C=C\C/C=C\C/C=C\CC)OC(=O)CCCCCCCCC/C=C\C/C=C\C/C=C\CC)OC(=O)CCCCCCC/C=C\CCCCCC. The van der Waals surface area contributed by atoms with Crippen molar-refractivity contribution in [1.82, 2.24) is 0 Å². The first kappa shape index (κ1) is 101. The molecule has 0 aromatic carbocycles. The number of phosphoric ester groups is 2. The van der Waals surface area contributed by atoms with Crippen LogP contribution >= 0.6 is 15.6 Å². The van der Waals surface area contributed by atoms with Gasteiger partial charge in [-0.2, -0.15) is 0 Å². The number of rotatable bonds is 75. The Balaban J connectivity index is 5.44. The van der Waals surface area contributed by atoms with E-state index in [1.165, 1.54) is 25.7 Å². The first-order chi connectivity index (χ1) is 51.7. The second kappa shape index (κ2) is 77.8. The molecule has 0 saturated heterocycles. The fraction of sp³-hybridized carbons (Fsp3) is 0.655. The van der Waals surface area contributed by atoms with Crippen LogP contribution in [0.4, 0.5) is 0 Å². The largest absolute Gasteiger partial charge is 0.472 e. The van der Waals surface area contributed by atoms with Crippen molar-refractivity contribution >= 4 is 39.5 Å². The van der Waals surface area contributed by atoms with Gasteiger partial charge in [-0.3, -0.25) is 37.3 Å². The molecule has 0 amide bonds. The van der Waals surface area contributed by atoms with E-state index in [2.05, 4.69) is 167 Å². The van der Waals surface area contributed by atoms with Gasteiger partial charge in [-0.15, -0.1) is 0 Å². The number of aliphatic hydroxyl groups excluding tert-OH is 1. The average molecular weight is 1520 g/mol. The van der Waals surface area contributed by atoms with Gasteiger partial charge in [0, 0.05) is 25.7 Å². The lowest BCUT2D eigenvalue weighted by Gasteiger charge is -2.21. The standard InChI is InChI=1S/C87H144O17P2/c1-5-9-13-17-21-25-29-33-36-39-40-43-45-49-52-56-60-64-68-72-85(90)97-77-82(103-86(91)73-69-65-61-57-53-47-32-28-24-20-16-12-8-4)79-101-105(93,94)99-75-81(88)76-100-106(95,96)102-80-83(104-87(92)74-70-66-62-58-54-50-46-42-38-35-31-27-23-19-15-11-7-3)78-98-84(89)71-67-63-59-55-51-48-44-41-37-34-30-26-22-18-14-10-6-2/h9-11,13-15,21-23,25-28,32-38,40,43,49,52,60,64,81-83,88H,5-8,12,16-20,24,29-31,39,41-42,44-48,50-51,53-59,61-63,65-80H2,1-4H3,(H,93,94)(H,95,96)/b13-9-,14-10-,15-11-,25-21-,26-22-,27-23-,32-28-,36-33-,37-34-,38-35-,43-40-,52-49-,64-60-. The highest BCUT2D eigenvalue weighted by Crippen LogP contribution is 2.45. The summed E-state index contributed by atoms with van der Waals surface area (Å²) in [7, 11) is -10.00. The molecule has 5 unspecified atom stereocenters. The van der Waals surface area contributed by atoms with Crippen molar-refractivity contribution in [1.29, 1.82) is 0 Å². The van der Waals surface area contributed by atoms with Gasteiger partial charge in [0.05, 0.1) is 26.4 Å². The number of carbonyl (C=O) groups excluding carboxylic acids is 4. The van der Waals surface area contributed by atoms with Crippen molar-refractivity contribution in [3.05, 3.63) is 158 Å². The summed E-state index contributed by atoms with van der Waals surface area (Å²) in [5, 5.41) is 10.7. The molecular weight excluding hydrogens is 1380 g/mol. The van der Waals surface area contributed by atoms with E-state index in [1.54, 1.807) is 0 Å². The number of phosphoric acid groups is 2. The van der Waals surface area contributed by atoms with Crippen molar-refractivity contribution in [2.24, 2.45) is 0 Å². The van der Waals surface area contributed by atoms with Gasteiger partial charge in [-0.1, -0.05) is 288 Å². The molecule has 0 aliphatic rings. The fourth-order valence-electron chi connectivity index (χ4n) is 10.4. The van der Waals surface area contributed by atoms with Crippen LogP contribution < -0.4 is 0 Å². The molecule has 19 heteroatoms. The van der Waals surface area contributed by atoms with Crippen molar-refractivity contribution in [2.75, 3.05) is 39.6 Å². The van der Waals surface area contributed by atoms with Crippen LogP contribution in [0.1, 0.15) is 310 Å². The molecule has 0 aromatic rings. The Morgan fingerprint density at radius 3 is 0.821 bits per heavy atom. The minimum Gasteiger partial charge on any atom is -0.462 e. The zero-order valence-electron chi connectivity index (χ0n) is 66.1. The number of carbonyl (C=O) groups is 4. The quantitative estimate of drug-likeness (QED) is 0.0169. The van der Waals surface area contributed by atoms with E-state index in [1.807, 2.05) is 18.2 Å². The van der Waals surface area contributed by atoms with Crippen molar-refractivity contribution in [3.63, 3.8) is 0 Å². The fourth-order valence-corrected chi connectivity index (χ4v) is 12.0. The number of unbranched alkanes of at least 4 members (excludes halogenated alkanes) is 23. The average Bonchev–Trinajstić information content (AvgIpc) is 0.900. The molecule has 0 radical (unpaired) electrons. The number of aliphatic hydroxyl groups is 1. The van der Waals surface area contributed by atoms with E-state index in [-0.39, 0.29) is 25.7 Å². The third-order valence-corrected chi connectivity index (χ3v) is 18.4. The first-order valence-electron chi connectivity index (χ1n) is 40.7. The number of hydrogen-bond donors (Lipinski definition) is 3. The minimum atomic E-state index is -5.00. The zero-order chi connectivity index (χ0) is 77.4. The van der Waals surface area contributed by atoms with Crippen molar-refractivity contribution < 1.29 is 80.2 Å². The predicted octanol–water partition coefficient (Wildman–Crippen LogP) is 24.0. The first-order valence-corrected chi connectivity index (χ1v) is 43.7. The van der Waals surface area contributed by atoms with Crippen molar-refractivity contribution in [3.8, 4) is 0 Å². The maximum Gasteiger partial charge on any atom is 0.472 e. The maximum absolute atomic E-state index is 13.1. The monoisotopic (exact) mass is 1520 g/mol. The lowest BCUT2D eigenvalue weighted by atomic mass is 10.1. The lowest BCUT2D eigenvalue weighted by molar-refractivity contribution is -0.161. The van der Waals surface area contributed by atoms with Crippen LogP contribution in [0.15, 0.2) is 158 Å². The summed E-state index contributed by atoms with van der Waals surface area (Å²) in [4.78, 5) is 73.1. The molecule has 5 atom stereocenters. The smallest absolute Gasteiger partial charge is 0.462 e. The van der Waals surface area contributed by atoms with Crippen LogP contribution in [0.5, 0.6) is 0 Å². The third kappa shape index (κ3) is 76.9. The number of hydrogen-bond acceptors (Lipinski definition) is 15. The normalized spacial score (nSPS) is 14.7. The Labute approximate surface area is 642 Å². The van der Waals surface area contributed by atoms with Gasteiger partial charge in [0.25, 0.3) is 0 Å². The van der Waals surface area contributed by atoms with E-state index in [0.717, 1.165) is 199 Å². The van der Waals surface area contributed by atoms with Crippen LogP contribution in [-0.2, 0) is 65.4 Å². The Bertz CT molecular complexity index is 2630. The highest BCUT2D eigenvalue weighted by molar-refractivity contribution is 7.47. The molecule has 0 heterocycles. The highest BCUT2D eigenvalue weighted by atomic mass is 31.2. The van der Waals surface area contributed by atoms with Gasteiger partial charge in [0.1, 0.15) is 19.3 Å². The van der Waals surface area contributed by atoms with E-state index in [4.69, 9.17) is 37.0 Å². The summed E-state index contributed by atoms with van der Waals surface area (Å²) in [5.74, 6) is -2.31. The van der Waals surface area contributed by atoms with Crippen LogP contribution in [0.3, 0.4) is 0 Å². The molecule has 0 aromatic heterocycles. The molecule has 604 valence electrons. The van der Waals surface area contributed by atoms with Crippen molar-refractivity contribution in [2.45, 2.75) is 329 Å². The second-order valence-electron chi connectivity index (χ2n) is 26.6. The summed E-state index contributed by atoms with van der Waals surface area (Å²) in [6, 6.07) is 0. The molecule has 17 nitrogen and oxygen atoms in total.